The highest BCUT2D eigenvalue weighted by atomic mass is 16.4. The molecular weight excluding hydrogens is 276 g/mol. The molecule has 7 heteroatoms. The number of phenols is 1. The van der Waals surface area contributed by atoms with Gasteiger partial charge in [-0.05, 0) is 31.4 Å². The Balaban J connectivity index is 2.14. The largest absolute Gasteiger partial charge is 0.505 e. The Morgan fingerprint density at radius 2 is 2.05 bits per heavy atom. The lowest BCUT2D eigenvalue weighted by Crippen LogP contribution is -2.47. The Morgan fingerprint density at radius 3 is 2.57 bits per heavy atom. The molecule has 1 saturated carbocycles. The quantitative estimate of drug-likeness (QED) is 0.615. The summed E-state index contributed by atoms with van der Waals surface area (Å²) in [7, 11) is 0. The van der Waals surface area contributed by atoms with Crippen LogP contribution in [0.1, 0.15) is 29.6 Å². The smallest absolute Gasteiger partial charge is 0.339 e. The van der Waals surface area contributed by atoms with E-state index in [1.807, 2.05) is 0 Å². The summed E-state index contributed by atoms with van der Waals surface area (Å²) < 4.78 is 0. The third kappa shape index (κ3) is 3.25. The van der Waals surface area contributed by atoms with Gasteiger partial charge in [0.05, 0.1) is 12.3 Å². The van der Waals surface area contributed by atoms with Crippen LogP contribution in [-0.4, -0.2) is 51.4 Å². The van der Waals surface area contributed by atoms with E-state index in [2.05, 4.69) is 5.32 Å². The van der Waals surface area contributed by atoms with Gasteiger partial charge in [-0.2, -0.15) is 0 Å². The monoisotopic (exact) mass is 294 g/mol. The number of nitrogens with one attached hydrogen (secondary N) is 1. The van der Waals surface area contributed by atoms with E-state index in [1.54, 1.807) is 0 Å². The number of urea groups is 1. The van der Waals surface area contributed by atoms with Gasteiger partial charge < -0.3 is 25.5 Å². The number of aliphatic hydroxyl groups is 1. The molecule has 1 aliphatic carbocycles. The minimum atomic E-state index is -1.27. The predicted molar refractivity (Wildman–Crippen MR) is 75.5 cm³/mol. The zero-order valence-corrected chi connectivity index (χ0v) is 11.5. The van der Waals surface area contributed by atoms with Crippen LogP contribution in [0.3, 0.4) is 0 Å². The molecule has 114 valence electrons. The lowest BCUT2D eigenvalue weighted by molar-refractivity contribution is 0.0693. The molecule has 0 aromatic heterocycles. The summed E-state index contributed by atoms with van der Waals surface area (Å²) in [6.07, 6.45) is 2.81. The Bertz CT molecular complexity index is 542. The van der Waals surface area contributed by atoms with Crippen molar-refractivity contribution in [3.8, 4) is 5.75 Å². The number of aromatic carboxylic acids is 1. The number of aromatic hydroxyl groups is 1. The fraction of sp³-hybridized carbons (Fsp3) is 0.429. The van der Waals surface area contributed by atoms with Crippen LogP contribution in [0.4, 0.5) is 10.5 Å². The number of nitrogens with zero attached hydrogens (tertiary/aromatic N) is 1. The third-order valence-electron chi connectivity index (χ3n) is 3.63. The summed E-state index contributed by atoms with van der Waals surface area (Å²) in [6.45, 7) is 0.0565. The molecule has 0 heterocycles. The molecule has 0 bridgehead atoms. The number of carbonyl (C=O) groups is 2. The van der Waals surface area contributed by atoms with Crippen molar-refractivity contribution in [3.63, 3.8) is 0 Å². The number of amides is 2. The van der Waals surface area contributed by atoms with Crippen molar-refractivity contribution in [1.82, 2.24) is 4.90 Å². The Hall–Kier alpha value is -2.28. The van der Waals surface area contributed by atoms with Crippen LogP contribution in [0, 0.1) is 0 Å². The molecule has 0 aliphatic heterocycles. The number of hydrogen-bond acceptors (Lipinski definition) is 4. The summed E-state index contributed by atoms with van der Waals surface area (Å²) in [4.78, 5) is 24.7. The van der Waals surface area contributed by atoms with Crippen molar-refractivity contribution < 1.29 is 24.9 Å². The van der Waals surface area contributed by atoms with Gasteiger partial charge in [0.25, 0.3) is 0 Å². The molecule has 21 heavy (non-hydrogen) atoms. The molecule has 0 saturated heterocycles. The van der Waals surface area contributed by atoms with E-state index < -0.39 is 17.7 Å². The van der Waals surface area contributed by atoms with Crippen molar-refractivity contribution in [2.45, 2.75) is 25.3 Å². The highest BCUT2D eigenvalue weighted by molar-refractivity contribution is 5.97. The van der Waals surface area contributed by atoms with Crippen LogP contribution in [0.25, 0.3) is 0 Å². The molecule has 4 N–H and O–H groups in total. The van der Waals surface area contributed by atoms with Crippen molar-refractivity contribution in [2.75, 3.05) is 18.5 Å². The number of para-hydroxylation sites is 1. The molecule has 1 aromatic rings. The summed E-state index contributed by atoms with van der Waals surface area (Å²) in [6, 6.07) is 3.76. The Kier molecular flexibility index (Phi) is 4.64. The number of benzene rings is 1. The van der Waals surface area contributed by atoms with Crippen LogP contribution in [0.15, 0.2) is 18.2 Å². The first-order valence-corrected chi connectivity index (χ1v) is 6.78. The number of carboxylic acids is 1. The molecule has 0 spiro atoms. The van der Waals surface area contributed by atoms with Crippen LogP contribution in [0.5, 0.6) is 5.75 Å². The normalized spacial score (nSPS) is 14.3. The maximum atomic E-state index is 12.2. The van der Waals surface area contributed by atoms with Crippen molar-refractivity contribution in [3.05, 3.63) is 23.8 Å². The van der Waals surface area contributed by atoms with Gasteiger partial charge in [-0.15, -0.1) is 0 Å². The van der Waals surface area contributed by atoms with Crippen LogP contribution in [0.2, 0.25) is 0 Å². The first-order chi connectivity index (χ1) is 10.0. The summed E-state index contributed by atoms with van der Waals surface area (Å²) >= 11 is 0. The summed E-state index contributed by atoms with van der Waals surface area (Å²) in [5.74, 6) is -1.74. The van der Waals surface area contributed by atoms with E-state index in [0.29, 0.717) is 0 Å². The van der Waals surface area contributed by atoms with E-state index in [1.165, 1.54) is 23.1 Å². The predicted octanol–water partition coefficient (Wildman–Crippen LogP) is 1.47. The molecule has 0 radical (unpaired) electrons. The number of anilines is 1. The molecule has 1 fully saturated rings. The number of carboxylic acid groups (broad SMARTS) is 1. The second-order valence-electron chi connectivity index (χ2n) is 4.94. The first-order valence-electron chi connectivity index (χ1n) is 6.78. The van der Waals surface area contributed by atoms with Gasteiger partial charge >= 0.3 is 12.0 Å². The molecule has 7 nitrogen and oxygen atoms in total. The first kappa shape index (κ1) is 15.1. The average molecular weight is 294 g/mol. The zero-order chi connectivity index (χ0) is 15.4. The molecule has 2 amide bonds. The minimum absolute atomic E-state index is 0.0437. The van der Waals surface area contributed by atoms with E-state index in [0.717, 1.165) is 19.3 Å². The Morgan fingerprint density at radius 1 is 1.33 bits per heavy atom. The molecule has 2 rings (SSSR count). The van der Waals surface area contributed by atoms with Gasteiger partial charge in [0, 0.05) is 12.6 Å². The third-order valence-corrected chi connectivity index (χ3v) is 3.63. The topological polar surface area (TPSA) is 110 Å². The highest BCUT2D eigenvalue weighted by Crippen LogP contribution is 2.29. The van der Waals surface area contributed by atoms with E-state index in [4.69, 9.17) is 10.2 Å². The number of rotatable bonds is 5. The van der Waals surface area contributed by atoms with Gasteiger partial charge in [-0.25, -0.2) is 9.59 Å². The summed E-state index contributed by atoms with van der Waals surface area (Å²) in [5, 5.41) is 30.3. The molecule has 1 aliphatic rings. The van der Waals surface area contributed by atoms with E-state index in [9.17, 15) is 14.7 Å². The van der Waals surface area contributed by atoms with Gasteiger partial charge in [-0.1, -0.05) is 6.07 Å². The standard InChI is InChI=1S/C14H18N2O5/c17-8-7-16(9-3-1-4-9)14(21)15-11-6-2-5-10(12(11)18)13(19)20/h2,5-6,9,17-18H,1,3-4,7-8H2,(H,15,21)(H,19,20). The van der Waals surface area contributed by atoms with Crippen LogP contribution >= 0.6 is 0 Å². The van der Waals surface area contributed by atoms with Gasteiger partial charge in [0.15, 0.2) is 5.75 Å². The molecule has 0 atom stereocenters. The van der Waals surface area contributed by atoms with E-state index >= 15 is 0 Å². The molecular formula is C14H18N2O5. The molecule has 1 aromatic carbocycles. The fourth-order valence-electron chi connectivity index (χ4n) is 2.26. The number of aliphatic hydroxyl groups excluding tert-OH is 1. The second kappa shape index (κ2) is 6.45. The second-order valence-corrected chi connectivity index (χ2v) is 4.94. The zero-order valence-electron chi connectivity index (χ0n) is 11.5. The van der Waals surface area contributed by atoms with Crippen molar-refractivity contribution in [2.24, 2.45) is 0 Å². The van der Waals surface area contributed by atoms with Crippen LogP contribution in [-0.2, 0) is 0 Å². The maximum absolute atomic E-state index is 12.2. The van der Waals surface area contributed by atoms with Gasteiger partial charge in [-0.3, -0.25) is 0 Å². The average Bonchev–Trinajstić information content (AvgIpc) is 2.38. The fourth-order valence-corrected chi connectivity index (χ4v) is 2.26. The lowest BCUT2D eigenvalue weighted by atomic mass is 9.92. The lowest BCUT2D eigenvalue weighted by Gasteiger charge is -2.37. The van der Waals surface area contributed by atoms with Crippen molar-refractivity contribution >= 4 is 17.7 Å². The number of carbonyl (C=O) groups excluding carboxylic acids is 1. The SMILES string of the molecule is O=C(O)c1cccc(NC(=O)N(CCO)C2CCC2)c1O. The highest BCUT2D eigenvalue weighted by Gasteiger charge is 2.29. The maximum Gasteiger partial charge on any atom is 0.339 e. The minimum Gasteiger partial charge on any atom is -0.505 e. The van der Waals surface area contributed by atoms with E-state index in [-0.39, 0.29) is 30.4 Å². The number of hydrogen-bond donors (Lipinski definition) is 4. The Labute approximate surface area is 121 Å². The van der Waals surface area contributed by atoms with Crippen LogP contribution < -0.4 is 5.32 Å². The van der Waals surface area contributed by atoms with Gasteiger partial charge in [0.1, 0.15) is 5.56 Å². The van der Waals surface area contributed by atoms with Crippen molar-refractivity contribution in [1.29, 1.82) is 0 Å². The molecule has 0 unspecified atom stereocenters. The summed E-state index contributed by atoms with van der Waals surface area (Å²) in [5.41, 5.74) is -0.229. The van der Waals surface area contributed by atoms with Gasteiger partial charge in [0.2, 0.25) is 0 Å².